The maximum absolute atomic E-state index is 12.5. The van der Waals surface area contributed by atoms with Crippen molar-refractivity contribution in [1.82, 2.24) is 9.78 Å². The van der Waals surface area contributed by atoms with E-state index in [9.17, 15) is 18.0 Å². The summed E-state index contributed by atoms with van der Waals surface area (Å²) < 4.78 is 43.3. The van der Waals surface area contributed by atoms with Crippen LogP contribution in [0.3, 0.4) is 0 Å². The molecule has 0 aliphatic rings. The molecule has 7 heteroatoms. The van der Waals surface area contributed by atoms with Gasteiger partial charge in [0.15, 0.2) is 0 Å². The average molecular weight is 362 g/mol. The topological polar surface area (TPSA) is 44.1 Å². The third-order valence-corrected chi connectivity index (χ3v) is 3.87. The van der Waals surface area contributed by atoms with Crippen molar-refractivity contribution in [2.24, 2.45) is 5.92 Å². The zero-order valence-corrected chi connectivity index (χ0v) is 14.2. The van der Waals surface area contributed by atoms with Gasteiger partial charge < -0.3 is 4.74 Å². The Morgan fingerprint density at radius 3 is 2.62 bits per heavy atom. The van der Waals surface area contributed by atoms with Gasteiger partial charge >= 0.3 is 6.36 Å². The Kier molecular flexibility index (Phi) is 4.71. The molecule has 0 N–H and O–H groups in total. The Bertz CT molecular complexity index is 946. The van der Waals surface area contributed by atoms with E-state index in [1.807, 2.05) is 13.8 Å². The van der Waals surface area contributed by atoms with Gasteiger partial charge in [-0.2, -0.15) is 5.10 Å². The Hall–Kier alpha value is -2.83. The Morgan fingerprint density at radius 2 is 1.96 bits per heavy atom. The lowest BCUT2D eigenvalue weighted by Gasteiger charge is -2.16. The number of hydrogen-bond acceptors (Lipinski definition) is 3. The van der Waals surface area contributed by atoms with E-state index in [0.29, 0.717) is 23.2 Å². The molecule has 0 fully saturated rings. The van der Waals surface area contributed by atoms with Gasteiger partial charge in [0, 0.05) is 10.9 Å². The number of hydrogen-bond donors (Lipinski definition) is 0. The average Bonchev–Trinajstić information content (AvgIpc) is 2.96. The van der Waals surface area contributed by atoms with Crippen molar-refractivity contribution in [2.45, 2.75) is 26.6 Å². The second-order valence-electron chi connectivity index (χ2n) is 6.43. The van der Waals surface area contributed by atoms with Crippen LogP contribution in [0.25, 0.3) is 16.6 Å². The largest absolute Gasteiger partial charge is 0.573 e. The molecule has 0 radical (unpaired) electrons. The lowest BCUT2D eigenvalue weighted by molar-refractivity contribution is -0.274. The number of carbonyl (C=O) groups is 1. The molecule has 0 unspecified atom stereocenters. The minimum absolute atomic E-state index is 0.235. The van der Waals surface area contributed by atoms with E-state index in [1.54, 1.807) is 35.1 Å². The zero-order chi connectivity index (χ0) is 18.9. The molecule has 0 atom stereocenters. The summed E-state index contributed by atoms with van der Waals surface area (Å²) in [6, 6.07) is 9.41. The van der Waals surface area contributed by atoms with E-state index in [-0.39, 0.29) is 11.7 Å². The van der Waals surface area contributed by atoms with Crippen molar-refractivity contribution in [3.8, 4) is 11.4 Å². The van der Waals surface area contributed by atoms with Crippen LogP contribution in [0.5, 0.6) is 5.75 Å². The highest BCUT2D eigenvalue weighted by Crippen LogP contribution is 2.29. The van der Waals surface area contributed by atoms with Crippen LogP contribution in [0, 0.1) is 5.92 Å². The molecule has 136 valence electrons. The third-order valence-electron chi connectivity index (χ3n) is 3.87. The summed E-state index contributed by atoms with van der Waals surface area (Å²) in [5, 5.41) is 5.13. The smallest absolute Gasteiger partial charge is 0.406 e. The summed E-state index contributed by atoms with van der Waals surface area (Å²) in [4.78, 5) is 10.9. The molecular formula is C19H17F3N2O2. The van der Waals surface area contributed by atoms with Crippen molar-refractivity contribution in [3.05, 3.63) is 53.7 Å². The van der Waals surface area contributed by atoms with Gasteiger partial charge in [0.2, 0.25) is 0 Å². The highest BCUT2D eigenvalue weighted by Gasteiger charge is 2.31. The van der Waals surface area contributed by atoms with Gasteiger partial charge in [-0.25, -0.2) is 4.68 Å². The molecule has 0 saturated heterocycles. The van der Waals surface area contributed by atoms with Crippen molar-refractivity contribution in [3.63, 3.8) is 0 Å². The summed E-state index contributed by atoms with van der Waals surface area (Å²) >= 11 is 0. The molecule has 0 bridgehead atoms. The number of halogens is 3. The number of ether oxygens (including phenoxy) is 1. The monoisotopic (exact) mass is 362 g/mol. The lowest BCUT2D eigenvalue weighted by Crippen LogP contribution is -2.17. The van der Waals surface area contributed by atoms with Crippen LogP contribution in [0.2, 0.25) is 0 Å². The summed E-state index contributed by atoms with van der Waals surface area (Å²) in [5.41, 5.74) is 2.69. The second kappa shape index (κ2) is 6.82. The van der Waals surface area contributed by atoms with Gasteiger partial charge in [-0.15, -0.1) is 13.2 Å². The number of alkyl halides is 3. The van der Waals surface area contributed by atoms with Gasteiger partial charge in [-0.1, -0.05) is 13.8 Å². The van der Waals surface area contributed by atoms with E-state index in [0.717, 1.165) is 17.2 Å². The molecule has 3 aromatic rings. The van der Waals surface area contributed by atoms with Crippen molar-refractivity contribution in [2.75, 3.05) is 0 Å². The van der Waals surface area contributed by atoms with Crippen LogP contribution in [0.15, 0.2) is 42.6 Å². The van der Waals surface area contributed by atoms with E-state index < -0.39 is 6.36 Å². The van der Waals surface area contributed by atoms with Crippen molar-refractivity contribution < 1.29 is 22.7 Å². The fraction of sp³-hybridized carbons (Fsp3) is 0.263. The SMILES string of the molecule is CC(C)Cc1cc(OC(F)(F)F)ccc1-n1ncc2cc(C=O)ccc21. The molecule has 0 spiro atoms. The predicted molar refractivity (Wildman–Crippen MR) is 91.7 cm³/mol. The molecule has 0 saturated carbocycles. The first-order chi connectivity index (χ1) is 12.3. The number of fused-ring (bicyclic) bond motifs is 1. The van der Waals surface area contributed by atoms with Gasteiger partial charge in [0.1, 0.15) is 12.0 Å². The fourth-order valence-corrected chi connectivity index (χ4v) is 2.89. The molecule has 0 aliphatic carbocycles. The third kappa shape index (κ3) is 3.87. The summed E-state index contributed by atoms with van der Waals surface area (Å²) in [5.74, 6) is -0.0185. The first kappa shape index (κ1) is 18.0. The molecule has 2 aromatic carbocycles. The molecule has 1 aromatic heterocycles. The molecule has 3 rings (SSSR count). The van der Waals surface area contributed by atoms with Gasteiger partial charge in [0.25, 0.3) is 0 Å². The maximum Gasteiger partial charge on any atom is 0.573 e. The minimum atomic E-state index is -4.74. The summed E-state index contributed by atoms with van der Waals surface area (Å²) in [6.45, 7) is 3.97. The van der Waals surface area contributed by atoms with Crippen molar-refractivity contribution >= 4 is 17.2 Å². The maximum atomic E-state index is 12.5. The first-order valence-corrected chi connectivity index (χ1v) is 8.09. The number of rotatable bonds is 5. The molecule has 4 nitrogen and oxygen atoms in total. The highest BCUT2D eigenvalue weighted by molar-refractivity contribution is 5.87. The van der Waals surface area contributed by atoms with Crippen LogP contribution < -0.4 is 4.74 Å². The highest BCUT2D eigenvalue weighted by atomic mass is 19.4. The number of benzene rings is 2. The van der Waals surface area contributed by atoms with Crippen LogP contribution in [0.1, 0.15) is 29.8 Å². The number of aldehydes is 1. The molecule has 0 amide bonds. The van der Waals surface area contributed by atoms with Crippen LogP contribution in [0.4, 0.5) is 13.2 Å². The predicted octanol–water partition coefficient (Wildman–Crippen LogP) is 4.94. The normalized spacial score (nSPS) is 11.9. The lowest BCUT2D eigenvalue weighted by atomic mass is 10.0. The van der Waals surface area contributed by atoms with Gasteiger partial charge in [-0.3, -0.25) is 4.79 Å². The second-order valence-corrected chi connectivity index (χ2v) is 6.43. The van der Waals surface area contributed by atoms with Gasteiger partial charge in [-0.05, 0) is 54.3 Å². The molecule has 26 heavy (non-hydrogen) atoms. The molecule has 0 aliphatic heterocycles. The van der Waals surface area contributed by atoms with Gasteiger partial charge in [0.05, 0.1) is 17.4 Å². The fourth-order valence-electron chi connectivity index (χ4n) is 2.89. The summed E-state index contributed by atoms with van der Waals surface area (Å²) in [6.07, 6.45) is -1.79. The number of nitrogens with zero attached hydrogens (tertiary/aromatic N) is 2. The molecule has 1 heterocycles. The van der Waals surface area contributed by atoms with Crippen molar-refractivity contribution in [1.29, 1.82) is 0 Å². The molecular weight excluding hydrogens is 345 g/mol. The minimum Gasteiger partial charge on any atom is -0.406 e. The van der Waals surface area contributed by atoms with Crippen LogP contribution in [-0.4, -0.2) is 22.4 Å². The van der Waals surface area contributed by atoms with E-state index in [4.69, 9.17) is 0 Å². The van der Waals surface area contributed by atoms with E-state index in [2.05, 4.69) is 9.84 Å². The van der Waals surface area contributed by atoms with E-state index in [1.165, 1.54) is 12.1 Å². The summed E-state index contributed by atoms with van der Waals surface area (Å²) in [7, 11) is 0. The Labute approximate surface area is 148 Å². The first-order valence-electron chi connectivity index (χ1n) is 8.09. The Morgan fingerprint density at radius 1 is 1.19 bits per heavy atom. The van der Waals surface area contributed by atoms with Crippen LogP contribution >= 0.6 is 0 Å². The van der Waals surface area contributed by atoms with E-state index >= 15 is 0 Å². The standard InChI is InChI=1S/C19H17F3N2O2/c1-12(2)7-14-9-16(26-19(20,21)22)4-6-17(14)24-18-5-3-13(11-25)8-15(18)10-23-24/h3-6,8-12H,7H2,1-2H3. The Balaban J connectivity index is 2.10. The van der Waals surface area contributed by atoms with Crippen LogP contribution in [-0.2, 0) is 6.42 Å². The quantitative estimate of drug-likeness (QED) is 0.604. The number of aromatic nitrogens is 2. The zero-order valence-electron chi connectivity index (χ0n) is 14.2. The number of carbonyl (C=O) groups excluding carboxylic acids is 1.